The van der Waals surface area contributed by atoms with Crippen molar-refractivity contribution >= 4 is 19.7 Å². The van der Waals surface area contributed by atoms with E-state index in [1.807, 2.05) is 0 Å². The van der Waals surface area contributed by atoms with Crippen LogP contribution in [-0.4, -0.2) is 46.4 Å². The smallest absolute Gasteiger partial charge is 0.154 e. The highest BCUT2D eigenvalue weighted by atomic mass is 32.2. The monoisotopic (exact) mass is 257 g/mol. The standard InChI is InChI=1S/C8H19NO4S2/c1-3-8(4-5-9)15(12,13)7-6-14(2,10)11/h8H,3-7,9H2,1-2H3. The maximum absolute atomic E-state index is 11.7. The molecule has 0 fully saturated rings. The maximum atomic E-state index is 11.7. The van der Waals surface area contributed by atoms with E-state index in [1.54, 1.807) is 6.92 Å². The van der Waals surface area contributed by atoms with Gasteiger partial charge in [0, 0.05) is 6.26 Å². The molecule has 0 spiro atoms. The molecule has 7 heteroatoms. The lowest BCUT2D eigenvalue weighted by molar-refractivity contribution is 0.566. The molecular formula is C8H19NO4S2. The van der Waals surface area contributed by atoms with Crippen LogP contribution in [0.2, 0.25) is 0 Å². The van der Waals surface area contributed by atoms with Gasteiger partial charge in [0.05, 0.1) is 16.8 Å². The molecule has 0 heterocycles. The van der Waals surface area contributed by atoms with Crippen LogP contribution in [0.1, 0.15) is 19.8 Å². The second-order valence-electron chi connectivity index (χ2n) is 3.60. The molecule has 0 saturated heterocycles. The topological polar surface area (TPSA) is 94.3 Å². The summed E-state index contributed by atoms with van der Waals surface area (Å²) in [4.78, 5) is 0. The Kier molecular flexibility index (Phi) is 5.76. The third-order valence-corrected chi connectivity index (χ3v) is 5.75. The van der Waals surface area contributed by atoms with Gasteiger partial charge in [0.25, 0.3) is 0 Å². The molecule has 2 N–H and O–H groups in total. The summed E-state index contributed by atoms with van der Waals surface area (Å²) in [6, 6.07) is 0. The molecule has 0 rings (SSSR count). The predicted octanol–water partition coefficient (Wildman–Crippen LogP) is -0.427. The second kappa shape index (κ2) is 5.81. The van der Waals surface area contributed by atoms with E-state index in [4.69, 9.17) is 5.73 Å². The van der Waals surface area contributed by atoms with Crippen LogP contribution in [0, 0.1) is 0 Å². The molecule has 0 amide bonds. The van der Waals surface area contributed by atoms with Crippen molar-refractivity contribution in [1.29, 1.82) is 0 Å². The zero-order valence-corrected chi connectivity index (χ0v) is 10.8. The lowest BCUT2D eigenvalue weighted by Gasteiger charge is -2.14. The fourth-order valence-electron chi connectivity index (χ4n) is 1.26. The zero-order valence-electron chi connectivity index (χ0n) is 9.14. The van der Waals surface area contributed by atoms with Crippen LogP contribution < -0.4 is 5.73 Å². The number of hydrogen-bond donors (Lipinski definition) is 1. The number of rotatable bonds is 7. The quantitative estimate of drug-likeness (QED) is 0.668. The molecule has 0 aliphatic carbocycles. The highest BCUT2D eigenvalue weighted by Crippen LogP contribution is 2.11. The lowest BCUT2D eigenvalue weighted by atomic mass is 10.2. The maximum Gasteiger partial charge on any atom is 0.154 e. The van der Waals surface area contributed by atoms with E-state index in [9.17, 15) is 16.8 Å². The van der Waals surface area contributed by atoms with Gasteiger partial charge in [0.1, 0.15) is 9.84 Å². The van der Waals surface area contributed by atoms with Crippen molar-refractivity contribution in [2.24, 2.45) is 5.73 Å². The summed E-state index contributed by atoms with van der Waals surface area (Å²) < 4.78 is 45.1. The van der Waals surface area contributed by atoms with Crippen molar-refractivity contribution in [3.05, 3.63) is 0 Å². The van der Waals surface area contributed by atoms with Crippen molar-refractivity contribution in [3.63, 3.8) is 0 Å². The van der Waals surface area contributed by atoms with E-state index in [1.165, 1.54) is 0 Å². The minimum Gasteiger partial charge on any atom is -0.330 e. The normalized spacial score (nSPS) is 15.1. The van der Waals surface area contributed by atoms with Gasteiger partial charge in [-0.3, -0.25) is 0 Å². The molecule has 0 aromatic heterocycles. The van der Waals surface area contributed by atoms with Gasteiger partial charge in [-0.15, -0.1) is 0 Å². The summed E-state index contributed by atoms with van der Waals surface area (Å²) in [6.45, 7) is 2.06. The summed E-state index contributed by atoms with van der Waals surface area (Å²) >= 11 is 0. The first-order chi connectivity index (χ1) is 6.73. The van der Waals surface area contributed by atoms with Gasteiger partial charge in [0.15, 0.2) is 9.84 Å². The molecule has 0 aromatic rings. The van der Waals surface area contributed by atoms with Crippen molar-refractivity contribution in [2.75, 3.05) is 24.3 Å². The molecule has 0 aliphatic heterocycles. The average Bonchev–Trinajstić information content (AvgIpc) is 2.10. The van der Waals surface area contributed by atoms with E-state index in [2.05, 4.69) is 0 Å². The number of nitrogens with two attached hydrogens (primary N) is 1. The Labute approximate surface area is 91.9 Å². The van der Waals surface area contributed by atoms with Crippen LogP contribution >= 0.6 is 0 Å². The average molecular weight is 257 g/mol. The van der Waals surface area contributed by atoms with Crippen molar-refractivity contribution in [2.45, 2.75) is 25.0 Å². The summed E-state index contributed by atoms with van der Waals surface area (Å²) in [7, 11) is -6.55. The molecule has 0 aliphatic rings. The SMILES string of the molecule is CCC(CCN)S(=O)(=O)CCS(C)(=O)=O. The van der Waals surface area contributed by atoms with Gasteiger partial charge < -0.3 is 5.73 Å². The van der Waals surface area contributed by atoms with Gasteiger partial charge >= 0.3 is 0 Å². The van der Waals surface area contributed by atoms with Gasteiger partial charge in [-0.25, -0.2) is 16.8 Å². The molecule has 0 bridgehead atoms. The van der Waals surface area contributed by atoms with Gasteiger partial charge in [-0.1, -0.05) is 6.92 Å². The molecular weight excluding hydrogens is 238 g/mol. The third-order valence-electron chi connectivity index (χ3n) is 2.19. The van der Waals surface area contributed by atoms with Crippen molar-refractivity contribution < 1.29 is 16.8 Å². The fraction of sp³-hybridized carbons (Fsp3) is 1.00. The van der Waals surface area contributed by atoms with E-state index in [0.717, 1.165) is 6.26 Å². The molecule has 15 heavy (non-hydrogen) atoms. The van der Waals surface area contributed by atoms with Gasteiger partial charge in [-0.2, -0.15) is 0 Å². The van der Waals surface area contributed by atoms with Crippen LogP contribution in [0.15, 0.2) is 0 Å². The molecule has 5 nitrogen and oxygen atoms in total. The Bertz CT molecular complexity index is 371. The first-order valence-electron chi connectivity index (χ1n) is 4.82. The summed E-state index contributed by atoms with van der Waals surface area (Å²) in [6.07, 6.45) is 1.90. The van der Waals surface area contributed by atoms with Crippen LogP contribution in [0.4, 0.5) is 0 Å². The molecule has 0 radical (unpaired) electrons. The van der Waals surface area contributed by atoms with E-state index >= 15 is 0 Å². The second-order valence-corrected chi connectivity index (χ2v) is 8.26. The van der Waals surface area contributed by atoms with E-state index in [-0.39, 0.29) is 11.5 Å². The zero-order chi connectivity index (χ0) is 12.1. The van der Waals surface area contributed by atoms with Crippen LogP contribution in [0.3, 0.4) is 0 Å². The third kappa shape index (κ3) is 6.11. The lowest BCUT2D eigenvalue weighted by Crippen LogP contribution is -2.29. The number of sulfone groups is 2. The Balaban J connectivity index is 4.53. The van der Waals surface area contributed by atoms with Crippen LogP contribution in [0.5, 0.6) is 0 Å². The van der Waals surface area contributed by atoms with E-state index < -0.39 is 24.9 Å². The minimum atomic E-state index is -3.33. The minimum absolute atomic E-state index is 0.301. The Morgan fingerprint density at radius 1 is 1.13 bits per heavy atom. The number of hydrogen-bond acceptors (Lipinski definition) is 5. The molecule has 1 atom stereocenters. The van der Waals surface area contributed by atoms with Crippen molar-refractivity contribution in [3.8, 4) is 0 Å². The highest BCUT2D eigenvalue weighted by Gasteiger charge is 2.24. The molecule has 92 valence electrons. The molecule has 1 unspecified atom stereocenters. The van der Waals surface area contributed by atoms with E-state index in [0.29, 0.717) is 19.4 Å². The van der Waals surface area contributed by atoms with Gasteiger partial charge in [-0.05, 0) is 19.4 Å². The summed E-state index contributed by atoms with van der Waals surface area (Å²) in [5, 5.41) is -0.510. The Hall–Kier alpha value is -0.140. The van der Waals surface area contributed by atoms with Crippen LogP contribution in [0.25, 0.3) is 0 Å². The molecule has 0 aromatic carbocycles. The van der Waals surface area contributed by atoms with Crippen molar-refractivity contribution in [1.82, 2.24) is 0 Å². The first-order valence-corrected chi connectivity index (χ1v) is 8.60. The fourth-order valence-corrected chi connectivity index (χ4v) is 4.73. The Morgan fingerprint density at radius 2 is 1.67 bits per heavy atom. The predicted molar refractivity (Wildman–Crippen MR) is 61.2 cm³/mol. The van der Waals surface area contributed by atoms with Crippen LogP contribution in [-0.2, 0) is 19.7 Å². The summed E-state index contributed by atoms with van der Waals surface area (Å²) in [5.41, 5.74) is 5.30. The molecule has 0 saturated carbocycles. The van der Waals surface area contributed by atoms with Gasteiger partial charge in [0.2, 0.25) is 0 Å². The first kappa shape index (κ1) is 14.9. The largest absolute Gasteiger partial charge is 0.330 e. The Morgan fingerprint density at radius 3 is 2.00 bits per heavy atom. The highest BCUT2D eigenvalue weighted by molar-refractivity contribution is 7.95. The summed E-state index contributed by atoms with van der Waals surface area (Å²) in [5.74, 6) is -0.610.